The number of oxazole rings is 1. The molecule has 0 radical (unpaired) electrons. The molecule has 0 spiro atoms. The fourth-order valence-electron chi connectivity index (χ4n) is 3.06. The lowest BCUT2D eigenvalue weighted by Crippen LogP contribution is -1.89. The van der Waals surface area contributed by atoms with Gasteiger partial charge < -0.3 is 14.6 Å². The minimum atomic E-state index is 0.0850. The quantitative estimate of drug-likeness (QED) is 0.499. The van der Waals surface area contributed by atoms with E-state index in [1.54, 1.807) is 0 Å². The highest BCUT2D eigenvalue weighted by Crippen LogP contribution is 2.38. The van der Waals surface area contributed by atoms with Crippen LogP contribution in [0, 0.1) is 0 Å². The van der Waals surface area contributed by atoms with Gasteiger partial charge in [0.15, 0.2) is 5.52 Å². The SMILES string of the molecule is Nc1nc2c(o1)oc1nc(-c3ccccc3)cc(-c3ccccc3)c12. The van der Waals surface area contributed by atoms with Gasteiger partial charge in [0, 0.05) is 5.56 Å². The highest BCUT2D eigenvalue weighted by Gasteiger charge is 2.20. The molecule has 0 aliphatic rings. The van der Waals surface area contributed by atoms with Gasteiger partial charge in [-0.15, -0.1) is 0 Å². The monoisotopic (exact) mass is 327 g/mol. The Morgan fingerprint density at radius 3 is 2.16 bits per heavy atom. The van der Waals surface area contributed by atoms with Gasteiger partial charge in [0.25, 0.3) is 6.01 Å². The number of aromatic nitrogens is 2. The zero-order valence-electron chi connectivity index (χ0n) is 13.1. The Morgan fingerprint density at radius 2 is 1.44 bits per heavy atom. The van der Waals surface area contributed by atoms with E-state index in [0.29, 0.717) is 17.0 Å². The summed E-state index contributed by atoms with van der Waals surface area (Å²) < 4.78 is 11.1. The van der Waals surface area contributed by atoms with Crippen molar-refractivity contribution in [2.75, 3.05) is 5.73 Å². The summed E-state index contributed by atoms with van der Waals surface area (Å²) >= 11 is 0. The number of benzene rings is 2. The van der Waals surface area contributed by atoms with Gasteiger partial charge in [-0.25, -0.2) is 4.98 Å². The first kappa shape index (κ1) is 13.8. The van der Waals surface area contributed by atoms with Gasteiger partial charge in [-0.05, 0) is 17.2 Å². The fourth-order valence-corrected chi connectivity index (χ4v) is 3.06. The Hall–Kier alpha value is -3.60. The van der Waals surface area contributed by atoms with Gasteiger partial charge in [-0.3, -0.25) is 0 Å². The molecule has 3 heterocycles. The molecule has 0 bridgehead atoms. The summed E-state index contributed by atoms with van der Waals surface area (Å²) in [6, 6.07) is 22.2. The molecule has 3 aromatic heterocycles. The summed E-state index contributed by atoms with van der Waals surface area (Å²) in [5, 5.41) is 0.807. The summed E-state index contributed by atoms with van der Waals surface area (Å²) in [7, 11) is 0. The van der Waals surface area contributed by atoms with Crippen LogP contribution in [0.3, 0.4) is 0 Å². The summed E-state index contributed by atoms with van der Waals surface area (Å²) in [4.78, 5) is 8.93. The third-order valence-corrected chi connectivity index (χ3v) is 4.18. The molecule has 120 valence electrons. The second-order valence-corrected chi connectivity index (χ2v) is 5.76. The van der Waals surface area contributed by atoms with Gasteiger partial charge in [0.1, 0.15) is 0 Å². The van der Waals surface area contributed by atoms with Gasteiger partial charge in [-0.1, -0.05) is 60.7 Å². The van der Waals surface area contributed by atoms with E-state index in [0.717, 1.165) is 27.8 Å². The summed E-state index contributed by atoms with van der Waals surface area (Å²) in [5.74, 6) is 0.294. The van der Waals surface area contributed by atoms with Crippen molar-refractivity contribution in [3.05, 3.63) is 66.7 Å². The maximum atomic E-state index is 5.78. The van der Waals surface area contributed by atoms with E-state index in [4.69, 9.17) is 14.6 Å². The molecule has 0 fully saturated rings. The highest BCUT2D eigenvalue weighted by molar-refractivity contribution is 6.09. The first-order chi connectivity index (χ1) is 12.3. The Labute approximate surface area is 142 Å². The number of nitrogens with two attached hydrogens (primary N) is 1. The Bertz CT molecular complexity index is 1190. The van der Waals surface area contributed by atoms with E-state index >= 15 is 0 Å². The number of hydrogen-bond donors (Lipinski definition) is 1. The molecule has 0 aliphatic carbocycles. The lowest BCUT2D eigenvalue weighted by molar-refractivity contribution is 0.503. The third kappa shape index (κ3) is 2.17. The normalized spacial score (nSPS) is 11.4. The minimum absolute atomic E-state index is 0.0850. The fraction of sp³-hybridized carbons (Fsp3) is 0. The van der Waals surface area contributed by atoms with E-state index in [2.05, 4.69) is 9.97 Å². The van der Waals surface area contributed by atoms with Gasteiger partial charge >= 0.3 is 5.78 Å². The van der Waals surface area contributed by atoms with Gasteiger partial charge in [0.2, 0.25) is 5.71 Å². The second-order valence-electron chi connectivity index (χ2n) is 5.76. The standard InChI is InChI=1S/C20H13N3O2/c21-20-23-17-16-14(12-7-3-1-4-8-12)11-15(13-9-5-2-6-10-13)22-18(16)24-19(17)25-20/h1-11H,(H2,21,23). The van der Waals surface area contributed by atoms with Crippen LogP contribution in [0.1, 0.15) is 0 Å². The molecule has 25 heavy (non-hydrogen) atoms. The van der Waals surface area contributed by atoms with Crippen molar-refractivity contribution < 1.29 is 8.83 Å². The van der Waals surface area contributed by atoms with Crippen LogP contribution in [0.2, 0.25) is 0 Å². The molecule has 5 nitrogen and oxygen atoms in total. The largest absolute Gasteiger partial charge is 0.404 e. The number of anilines is 1. The van der Waals surface area contributed by atoms with Crippen LogP contribution in [-0.4, -0.2) is 9.97 Å². The second kappa shape index (κ2) is 5.21. The number of furan rings is 1. The number of nitrogen functional groups attached to an aromatic ring is 1. The highest BCUT2D eigenvalue weighted by atomic mass is 16.5. The van der Waals surface area contributed by atoms with Gasteiger partial charge in [0.05, 0.1) is 11.1 Å². The van der Waals surface area contributed by atoms with Crippen LogP contribution < -0.4 is 5.73 Å². The summed E-state index contributed by atoms with van der Waals surface area (Å²) in [6.07, 6.45) is 0. The van der Waals surface area contributed by atoms with Crippen molar-refractivity contribution in [2.45, 2.75) is 0 Å². The number of hydrogen-bond acceptors (Lipinski definition) is 5. The maximum Gasteiger partial charge on any atom is 0.322 e. The Kier molecular flexibility index (Phi) is 2.87. The van der Waals surface area contributed by atoms with Crippen LogP contribution in [0.15, 0.2) is 75.6 Å². The Morgan fingerprint density at radius 1 is 0.760 bits per heavy atom. The smallest absolute Gasteiger partial charge is 0.322 e. The predicted molar refractivity (Wildman–Crippen MR) is 96.9 cm³/mol. The lowest BCUT2D eigenvalue weighted by atomic mass is 10.0. The summed E-state index contributed by atoms with van der Waals surface area (Å²) in [5.41, 5.74) is 10.6. The molecule has 0 aliphatic heterocycles. The average molecular weight is 327 g/mol. The first-order valence-corrected chi connectivity index (χ1v) is 7.90. The molecule has 2 N–H and O–H groups in total. The topological polar surface area (TPSA) is 78.1 Å². The molecule has 0 saturated heterocycles. The van der Waals surface area contributed by atoms with Crippen molar-refractivity contribution in [3.8, 4) is 22.4 Å². The van der Waals surface area contributed by atoms with E-state index in [-0.39, 0.29) is 6.01 Å². The predicted octanol–water partition coefficient (Wildman–Crippen LogP) is 4.89. The first-order valence-electron chi connectivity index (χ1n) is 7.90. The molecule has 2 aromatic carbocycles. The van der Waals surface area contributed by atoms with Crippen molar-refractivity contribution in [1.29, 1.82) is 0 Å². The number of nitrogens with zero attached hydrogens (tertiary/aromatic N) is 2. The molecule has 5 heteroatoms. The van der Waals surface area contributed by atoms with E-state index in [1.165, 1.54) is 0 Å². The van der Waals surface area contributed by atoms with Crippen LogP contribution in [-0.2, 0) is 0 Å². The molecule has 5 rings (SSSR count). The van der Waals surface area contributed by atoms with E-state index < -0.39 is 0 Å². The molecule has 0 atom stereocenters. The van der Waals surface area contributed by atoms with Crippen LogP contribution in [0.25, 0.3) is 44.8 Å². The molecule has 0 saturated carbocycles. The van der Waals surface area contributed by atoms with Gasteiger partial charge in [-0.2, -0.15) is 4.98 Å². The van der Waals surface area contributed by atoms with Crippen molar-refractivity contribution in [2.24, 2.45) is 0 Å². The number of pyridine rings is 1. The zero-order valence-corrected chi connectivity index (χ0v) is 13.1. The molecule has 5 aromatic rings. The van der Waals surface area contributed by atoms with Crippen molar-refractivity contribution >= 4 is 28.4 Å². The zero-order chi connectivity index (χ0) is 16.8. The molecular formula is C20H13N3O2. The average Bonchev–Trinajstić information content (AvgIpc) is 3.18. The molecule has 0 amide bonds. The Balaban J connectivity index is 1.89. The number of rotatable bonds is 2. The summed E-state index contributed by atoms with van der Waals surface area (Å²) in [6.45, 7) is 0. The van der Waals surface area contributed by atoms with Crippen LogP contribution >= 0.6 is 0 Å². The third-order valence-electron chi connectivity index (χ3n) is 4.18. The minimum Gasteiger partial charge on any atom is -0.404 e. The van der Waals surface area contributed by atoms with Crippen molar-refractivity contribution in [1.82, 2.24) is 9.97 Å². The van der Waals surface area contributed by atoms with E-state index in [9.17, 15) is 0 Å². The maximum absolute atomic E-state index is 5.78. The molecular weight excluding hydrogens is 314 g/mol. The van der Waals surface area contributed by atoms with Crippen LogP contribution in [0.5, 0.6) is 0 Å². The molecule has 0 unspecified atom stereocenters. The van der Waals surface area contributed by atoms with E-state index in [1.807, 2.05) is 66.7 Å². The van der Waals surface area contributed by atoms with Crippen molar-refractivity contribution in [3.63, 3.8) is 0 Å². The number of fused-ring (bicyclic) bond motifs is 3. The lowest BCUT2D eigenvalue weighted by Gasteiger charge is -2.07. The van der Waals surface area contributed by atoms with Crippen LogP contribution in [0.4, 0.5) is 6.01 Å².